The predicted molar refractivity (Wildman–Crippen MR) is 117 cm³/mol. The van der Waals surface area contributed by atoms with Crippen molar-refractivity contribution >= 4 is 23.1 Å². The molecule has 2 aromatic carbocycles. The molecular weight excluding hydrogens is 427 g/mol. The van der Waals surface area contributed by atoms with Gasteiger partial charge in [0, 0.05) is 37.3 Å². The molecule has 7 heteroatoms. The maximum atomic E-state index is 13.3. The fourth-order valence-electron chi connectivity index (χ4n) is 3.44. The third-order valence-electron chi connectivity index (χ3n) is 4.87. The van der Waals surface area contributed by atoms with Gasteiger partial charge in [0.1, 0.15) is 0 Å². The first-order chi connectivity index (χ1) is 14.3. The molecule has 0 bridgehead atoms. The molecule has 0 atom stereocenters. The molecule has 0 spiro atoms. The predicted octanol–water partition coefficient (Wildman–Crippen LogP) is 7.03. The lowest BCUT2D eigenvalue weighted by Gasteiger charge is -2.11. The van der Waals surface area contributed by atoms with E-state index in [-0.39, 0.29) is 0 Å². The van der Waals surface area contributed by atoms with Gasteiger partial charge in [0.25, 0.3) is 0 Å². The van der Waals surface area contributed by atoms with Crippen LogP contribution in [0.15, 0.2) is 58.3 Å². The van der Waals surface area contributed by atoms with Crippen molar-refractivity contribution in [1.82, 2.24) is 4.90 Å². The molecule has 0 N–H and O–H groups in total. The number of hydrogen-bond acceptors (Lipinski definition) is 4. The minimum absolute atomic E-state index is 0.510. The Hall–Kier alpha value is -1.80. The summed E-state index contributed by atoms with van der Waals surface area (Å²) in [5.74, 6) is 0. The van der Waals surface area contributed by atoms with Gasteiger partial charge in [-0.3, -0.25) is 0 Å². The number of ether oxygens (including phenoxy) is 1. The SMILES string of the molecule is CN(C)CCCOCc1cc2c(s1)-c1ccc(C(F)(F)F)cc1Sc1ccccc1-2. The van der Waals surface area contributed by atoms with Gasteiger partial charge < -0.3 is 9.64 Å². The summed E-state index contributed by atoms with van der Waals surface area (Å²) >= 11 is 3.00. The topological polar surface area (TPSA) is 12.5 Å². The van der Waals surface area contributed by atoms with Crippen LogP contribution in [-0.2, 0) is 17.5 Å². The van der Waals surface area contributed by atoms with E-state index in [9.17, 15) is 13.2 Å². The molecule has 2 heterocycles. The molecule has 30 heavy (non-hydrogen) atoms. The van der Waals surface area contributed by atoms with E-state index in [0.717, 1.165) is 44.3 Å². The van der Waals surface area contributed by atoms with Crippen LogP contribution < -0.4 is 0 Å². The Morgan fingerprint density at radius 1 is 0.933 bits per heavy atom. The lowest BCUT2D eigenvalue weighted by molar-refractivity contribution is -0.137. The average molecular weight is 450 g/mol. The largest absolute Gasteiger partial charge is 0.416 e. The minimum Gasteiger partial charge on any atom is -0.376 e. The Balaban J connectivity index is 1.68. The molecule has 158 valence electrons. The number of rotatable bonds is 6. The zero-order valence-electron chi connectivity index (χ0n) is 16.8. The van der Waals surface area contributed by atoms with Crippen LogP contribution in [0.2, 0.25) is 0 Å². The molecule has 1 aliphatic heterocycles. The highest BCUT2D eigenvalue weighted by molar-refractivity contribution is 7.99. The molecule has 0 radical (unpaired) electrons. The van der Waals surface area contributed by atoms with E-state index in [1.807, 2.05) is 38.4 Å². The maximum Gasteiger partial charge on any atom is 0.416 e. The summed E-state index contributed by atoms with van der Waals surface area (Å²) < 4.78 is 45.7. The van der Waals surface area contributed by atoms with Gasteiger partial charge in [-0.2, -0.15) is 13.2 Å². The average Bonchev–Trinajstić information content (AvgIpc) is 3.06. The summed E-state index contributed by atoms with van der Waals surface area (Å²) in [6, 6.07) is 14.1. The quantitative estimate of drug-likeness (QED) is 0.293. The highest BCUT2D eigenvalue weighted by atomic mass is 32.2. The normalized spacial score (nSPS) is 13.0. The van der Waals surface area contributed by atoms with Crippen LogP contribution in [0.25, 0.3) is 21.6 Å². The van der Waals surface area contributed by atoms with Gasteiger partial charge in [0.05, 0.1) is 12.2 Å². The van der Waals surface area contributed by atoms with Crippen molar-refractivity contribution in [2.75, 3.05) is 27.2 Å². The van der Waals surface area contributed by atoms with E-state index < -0.39 is 11.7 Å². The molecule has 1 aliphatic rings. The van der Waals surface area contributed by atoms with Crippen LogP contribution in [0.5, 0.6) is 0 Å². The highest BCUT2D eigenvalue weighted by Crippen LogP contribution is 2.51. The zero-order chi connectivity index (χ0) is 21.3. The van der Waals surface area contributed by atoms with Gasteiger partial charge in [0.15, 0.2) is 0 Å². The molecule has 0 aliphatic carbocycles. The first kappa shape index (κ1) is 21.4. The summed E-state index contributed by atoms with van der Waals surface area (Å²) in [5, 5.41) is 0. The number of thiophene rings is 1. The molecule has 3 aromatic rings. The summed E-state index contributed by atoms with van der Waals surface area (Å²) in [7, 11) is 4.07. The molecule has 1 aromatic heterocycles. The summed E-state index contributed by atoms with van der Waals surface area (Å²) in [6.45, 7) is 2.16. The van der Waals surface area contributed by atoms with Gasteiger partial charge in [-0.1, -0.05) is 36.0 Å². The van der Waals surface area contributed by atoms with Crippen molar-refractivity contribution in [2.24, 2.45) is 0 Å². The van der Waals surface area contributed by atoms with E-state index >= 15 is 0 Å². The molecular formula is C23H22F3NOS2. The Kier molecular flexibility index (Phi) is 6.25. The standard InChI is InChI=1S/C23H22F3NOS2/c1-27(2)10-5-11-28-14-16-13-19-17-6-3-4-7-20(17)30-21-12-15(23(24,25)26)8-9-18(21)22(19)29-16/h3-4,6-9,12-13H,5,10-11,14H2,1-2H3. The molecule has 0 fully saturated rings. The van der Waals surface area contributed by atoms with Crippen LogP contribution in [0, 0.1) is 0 Å². The highest BCUT2D eigenvalue weighted by Gasteiger charge is 2.32. The first-order valence-electron chi connectivity index (χ1n) is 9.67. The van der Waals surface area contributed by atoms with Crippen molar-refractivity contribution in [3.8, 4) is 21.6 Å². The van der Waals surface area contributed by atoms with Crippen molar-refractivity contribution in [3.63, 3.8) is 0 Å². The van der Waals surface area contributed by atoms with Crippen LogP contribution >= 0.6 is 23.1 Å². The third kappa shape index (κ3) is 4.59. The van der Waals surface area contributed by atoms with Crippen LogP contribution in [0.1, 0.15) is 16.9 Å². The molecule has 0 saturated heterocycles. The van der Waals surface area contributed by atoms with E-state index in [2.05, 4.69) is 11.0 Å². The Morgan fingerprint density at radius 2 is 1.73 bits per heavy atom. The van der Waals surface area contributed by atoms with Crippen molar-refractivity contribution in [2.45, 2.75) is 29.0 Å². The second kappa shape index (κ2) is 8.75. The van der Waals surface area contributed by atoms with E-state index in [1.165, 1.54) is 23.9 Å². The van der Waals surface area contributed by atoms with E-state index in [1.54, 1.807) is 17.4 Å². The molecule has 0 saturated carbocycles. The zero-order valence-corrected chi connectivity index (χ0v) is 18.4. The Labute approximate surface area is 182 Å². The van der Waals surface area contributed by atoms with Gasteiger partial charge in [0.2, 0.25) is 0 Å². The van der Waals surface area contributed by atoms with Crippen molar-refractivity contribution in [3.05, 3.63) is 59.0 Å². The van der Waals surface area contributed by atoms with Crippen molar-refractivity contribution < 1.29 is 17.9 Å². The van der Waals surface area contributed by atoms with E-state index in [0.29, 0.717) is 18.1 Å². The molecule has 4 rings (SSSR count). The summed E-state index contributed by atoms with van der Waals surface area (Å²) in [5.41, 5.74) is 2.35. The molecule has 0 unspecified atom stereocenters. The van der Waals surface area contributed by atoms with Crippen LogP contribution in [0.3, 0.4) is 0 Å². The maximum absolute atomic E-state index is 13.3. The van der Waals surface area contributed by atoms with Gasteiger partial charge in [-0.15, -0.1) is 11.3 Å². The lowest BCUT2D eigenvalue weighted by atomic mass is 10.0. The summed E-state index contributed by atoms with van der Waals surface area (Å²) in [4.78, 5) is 5.81. The van der Waals surface area contributed by atoms with Crippen molar-refractivity contribution in [1.29, 1.82) is 0 Å². The molecule has 2 nitrogen and oxygen atoms in total. The number of fused-ring (bicyclic) bond motifs is 5. The number of halogens is 3. The number of benzene rings is 2. The van der Waals surface area contributed by atoms with Crippen LogP contribution in [0.4, 0.5) is 13.2 Å². The van der Waals surface area contributed by atoms with Gasteiger partial charge in [-0.05, 0) is 56.9 Å². The minimum atomic E-state index is -4.36. The smallest absolute Gasteiger partial charge is 0.376 e. The fourth-order valence-corrected chi connectivity index (χ4v) is 5.79. The summed E-state index contributed by atoms with van der Waals surface area (Å²) in [6.07, 6.45) is -3.40. The Bertz CT molecular complexity index is 1040. The first-order valence-corrected chi connectivity index (χ1v) is 11.3. The number of nitrogens with zero attached hydrogens (tertiary/aromatic N) is 1. The number of hydrogen-bond donors (Lipinski definition) is 0. The third-order valence-corrected chi connectivity index (χ3v) is 7.15. The van der Waals surface area contributed by atoms with E-state index in [4.69, 9.17) is 4.74 Å². The second-order valence-electron chi connectivity index (χ2n) is 7.47. The van der Waals surface area contributed by atoms with Gasteiger partial charge in [-0.25, -0.2) is 0 Å². The Morgan fingerprint density at radius 3 is 2.50 bits per heavy atom. The van der Waals surface area contributed by atoms with Gasteiger partial charge >= 0.3 is 6.18 Å². The lowest BCUT2D eigenvalue weighted by Crippen LogP contribution is -2.14. The number of alkyl halides is 3. The van der Waals surface area contributed by atoms with Crippen LogP contribution in [-0.4, -0.2) is 32.1 Å². The fraction of sp³-hybridized carbons (Fsp3) is 0.304. The monoisotopic (exact) mass is 449 g/mol. The second-order valence-corrected chi connectivity index (χ2v) is 9.69. The molecule has 0 amide bonds.